The molecule has 2 aromatic rings. The van der Waals surface area contributed by atoms with Gasteiger partial charge in [0.15, 0.2) is 0 Å². The van der Waals surface area contributed by atoms with Gasteiger partial charge in [0.25, 0.3) is 0 Å². The quantitative estimate of drug-likeness (QED) is 0.761. The lowest BCUT2D eigenvalue weighted by atomic mass is 9.94. The van der Waals surface area contributed by atoms with Gasteiger partial charge in [0.05, 0.1) is 0 Å². The monoisotopic (exact) mass is 427 g/mol. The maximum absolute atomic E-state index is 13.1. The van der Waals surface area contributed by atoms with Crippen LogP contribution in [0.2, 0.25) is 0 Å². The third kappa shape index (κ3) is 3.63. The number of sulfonamides is 1. The number of carbonyl (C=O) groups is 1. The van der Waals surface area contributed by atoms with Crippen LogP contribution in [0.5, 0.6) is 0 Å². The van der Waals surface area contributed by atoms with Gasteiger partial charge in [-0.3, -0.25) is 4.79 Å². The summed E-state index contributed by atoms with van der Waals surface area (Å²) < 4.78 is 27.6. The van der Waals surface area contributed by atoms with Gasteiger partial charge >= 0.3 is 0 Å². The molecule has 8 nitrogen and oxygen atoms in total. The van der Waals surface area contributed by atoms with Crippen molar-refractivity contribution in [2.75, 3.05) is 32.7 Å². The van der Waals surface area contributed by atoms with Gasteiger partial charge in [0, 0.05) is 49.9 Å². The van der Waals surface area contributed by atoms with Crippen LogP contribution in [0.25, 0.3) is 11.0 Å². The lowest BCUT2D eigenvalue weighted by Gasteiger charge is -2.36. The zero-order chi connectivity index (χ0) is 19.0. The standard InChI is InChI=1S/C18H25N5O3S.ClH/c19-11-13-3-1-4-14(13)18(24)22-7-9-23(10-8-22)27(25,26)16-12-21-17-15(16)5-2-6-20-17;/h2,5-6,12-14H,1,3-4,7-11,19H2,(H,20,21);1H/t13-,14-;/m1./s1. The number of hydrogen-bond donors (Lipinski definition) is 2. The van der Waals surface area contributed by atoms with E-state index in [1.54, 1.807) is 23.2 Å². The average molecular weight is 428 g/mol. The highest BCUT2D eigenvalue weighted by Gasteiger charge is 2.37. The van der Waals surface area contributed by atoms with Gasteiger partial charge in [-0.15, -0.1) is 12.4 Å². The average Bonchev–Trinajstić information content (AvgIpc) is 3.34. The second kappa shape index (κ2) is 8.36. The SMILES string of the molecule is Cl.NC[C@H]1CCC[C@H]1C(=O)N1CCN(S(=O)(=O)c2c[nH]c3ncccc23)CC1. The molecule has 1 amide bonds. The van der Waals surface area contributed by atoms with E-state index < -0.39 is 10.0 Å². The van der Waals surface area contributed by atoms with Crippen molar-refractivity contribution in [1.82, 2.24) is 19.2 Å². The summed E-state index contributed by atoms with van der Waals surface area (Å²) in [6.07, 6.45) is 6.06. The molecule has 1 saturated carbocycles. The van der Waals surface area contributed by atoms with Gasteiger partial charge in [-0.25, -0.2) is 13.4 Å². The number of carbonyl (C=O) groups excluding carboxylic acids is 1. The fourth-order valence-corrected chi connectivity index (χ4v) is 5.88. The molecule has 0 spiro atoms. The first-order valence-electron chi connectivity index (χ1n) is 9.43. The number of nitrogens with one attached hydrogen (secondary N) is 1. The molecule has 154 valence electrons. The highest BCUT2D eigenvalue weighted by Crippen LogP contribution is 2.33. The van der Waals surface area contributed by atoms with Crippen molar-refractivity contribution in [3.05, 3.63) is 24.5 Å². The summed E-state index contributed by atoms with van der Waals surface area (Å²) in [4.78, 5) is 21.9. The lowest BCUT2D eigenvalue weighted by Crippen LogP contribution is -2.52. The zero-order valence-electron chi connectivity index (χ0n) is 15.6. The highest BCUT2D eigenvalue weighted by molar-refractivity contribution is 7.89. The topological polar surface area (TPSA) is 112 Å². The predicted octanol–water partition coefficient (Wildman–Crippen LogP) is 1.19. The molecule has 1 aliphatic heterocycles. The van der Waals surface area contributed by atoms with Crippen LogP contribution in [0.3, 0.4) is 0 Å². The Labute approximate surface area is 170 Å². The van der Waals surface area contributed by atoms with Crippen molar-refractivity contribution < 1.29 is 13.2 Å². The van der Waals surface area contributed by atoms with E-state index in [9.17, 15) is 13.2 Å². The number of pyridine rings is 1. The van der Waals surface area contributed by atoms with E-state index in [0.29, 0.717) is 43.8 Å². The number of piperazine rings is 1. The third-order valence-corrected chi connectivity index (χ3v) is 7.80. The Kier molecular flexibility index (Phi) is 6.28. The molecular weight excluding hydrogens is 402 g/mol. The lowest BCUT2D eigenvalue weighted by molar-refractivity contribution is -0.137. The number of fused-ring (bicyclic) bond motifs is 1. The number of aromatic nitrogens is 2. The zero-order valence-corrected chi connectivity index (χ0v) is 17.2. The minimum absolute atomic E-state index is 0. The van der Waals surface area contributed by atoms with Gasteiger partial charge in [-0.1, -0.05) is 6.42 Å². The van der Waals surface area contributed by atoms with Crippen LogP contribution in [-0.4, -0.2) is 66.2 Å². The third-order valence-electron chi connectivity index (χ3n) is 5.86. The number of hydrogen-bond acceptors (Lipinski definition) is 5. The fraction of sp³-hybridized carbons (Fsp3) is 0.556. The van der Waals surface area contributed by atoms with E-state index in [0.717, 1.165) is 19.3 Å². The summed E-state index contributed by atoms with van der Waals surface area (Å²) in [7, 11) is -3.62. The molecule has 2 aliphatic rings. The van der Waals surface area contributed by atoms with E-state index in [4.69, 9.17) is 5.73 Å². The molecule has 0 bridgehead atoms. The first-order chi connectivity index (χ1) is 13.0. The largest absolute Gasteiger partial charge is 0.345 e. The Morgan fingerprint density at radius 2 is 2.00 bits per heavy atom. The predicted molar refractivity (Wildman–Crippen MR) is 109 cm³/mol. The number of nitrogens with zero attached hydrogens (tertiary/aromatic N) is 3. The van der Waals surface area contributed by atoms with Crippen molar-refractivity contribution in [1.29, 1.82) is 0 Å². The number of nitrogens with two attached hydrogens (primary N) is 1. The maximum atomic E-state index is 13.1. The van der Waals surface area contributed by atoms with Crippen molar-refractivity contribution >= 4 is 39.4 Å². The molecule has 3 N–H and O–H groups in total. The summed E-state index contributed by atoms with van der Waals surface area (Å²) in [6, 6.07) is 3.47. The van der Waals surface area contributed by atoms with Gasteiger partial charge < -0.3 is 15.6 Å². The van der Waals surface area contributed by atoms with Gasteiger partial charge in [0.1, 0.15) is 10.5 Å². The Hall–Kier alpha value is -1.68. The van der Waals surface area contributed by atoms with Crippen LogP contribution in [0.15, 0.2) is 29.4 Å². The Balaban J connectivity index is 0.00000225. The van der Waals surface area contributed by atoms with Gasteiger partial charge in [-0.2, -0.15) is 4.31 Å². The molecule has 2 atom stereocenters. The minimum Gasteiger partial charge on any atom is -0.345 e. The summed E-state index contributed by atoms with van der Waals surface area (Å²) in [5.41, 5.74) is 6.36. The number of amides is 1. The van der Waals surface area contributed by atoms with Crippen LogP contribution in [0.4, 0.5) is 0 Å². The minimum atomic E-state index is -3.62. The molecule has 2 aromatic heterocycles. The molecule has 4 rings (SSSR count). The second-order valence-corrected chi connectivity index (χ2v) is 9.22. The smallest absolute Gasteiger partial charge is 0.245 e. The first-order valence-corrected chi connectivity index (χ1v) is 10.9. The molecule has 28 heavy (non-hydrogen) atoms. The Morgan fingerprint density at radius 3 is 2.71 bits per heavy atom. The van der Waals surface area contributed by atoms with Gasteiger partial charge in [-0.05, 0) is 37.4 Å². The molecule has 0 unspecified atom stereocenters. The van der Waals surface area contributed by atoms with Crippen molar-refractivity contribution in [2.45, 2.75) is 24.2 Å². The van der Waals surface area contributed by atoms with Crippen LogP contribution in [0.1, 0.15) is 19.3 Å². The van der Waals surface area contributed by atoms with Crippen molar-refractivity contribution in [3.63, 3.8) is 0 Å². The molecule has 0 radical (unpaired) electrons. The molecular formula is C18H26ClN5O3S. The second-order valence-electron chi connectivity index (χ2n) is 7.32. The molecule has 3 heterocycles. The highest BCUT2D eigenvalue weighted by atomic mass is 35.5. The maximum Gasteiger partial charge on any atom is 0.245 e. The van der Waals surface area contributed by atoms with E-state index in [2.05, 4.69) is 9.97 Å². The van der Waals surface area contributed by atoms with E-state index in [-0.39, 0.29) is 35.0 Å². The molecule has 2 fully saturated rings. The Bertz CT molecular complexity index is 940. The Morgan fingerprint density at radius 1 is 1.25 bits per heavy atom. The van der Waals surface area contributed by atoms with Gasteiger partial charge in [0.2, 0.25) is 15.9 Å². The van der Waals surface area contributed by atoms with Crippen LogP contribution < -0.4 is 5.73 Å². The number of rotatable bonds is 4. The van der Waals surface area contributed by atoms with Crippen LogP contribution in [-0.2, 0) is 14.8 Å². The summed E-state index contributed by atoms with van der Waals surface area (Å²) >= 11 is 0. The number of halogens is 1. The molecule has 0 aromatic carbocycles. The molecule has 1 aliphatic carbocycles. The van der Waals surface area contributed by atoms with E-state index in [1.165, 1.54) is 10.5 Å². The van der Waals surface area contributed by atoms with Crippen molar-refractivity contribution in [2.24, 2.45) is 17.6 Å². The van der Waals surface area contributed by atoms with Crippen molar-refractivity contribution in [3.8, 4) is 0 Å². The molecule has 10 heteroatoms. The van der Waals surface area contributed by atoms with Crippen LogP contribution >= 0.6 is 12.4 Å². The summed E-state index contributed by atoms with van der Waals surface area (Å²) in [6.45, 7) is 2.00. The summed E-state index contributed by atoms with van der Waals surface area (Å²) in [5.74, 6) is 0.395. The fourth-order valence-electron chi connectivity index (χ4n) is 4.31. The normalized spacial score (nSPS) is 23.7. The van der Waals surface area contributed by atoms with Crippen LogP contribution in [0, 0.1) is 11.8 Å². The summed E-state index contributed by atoms with van der Waals surface area (Å²) in [5, 5.41) is 0.591. The van der Waals surface area contributed by atoms with E-state index >= 15 is 0 Å². The number of H-pyrrole nitrogens is 1. The number of aromatic amines is 1. The van der Waals surface area contributed by atoms with E-state index in [1.807, 2.05) is 0 Å². The molecule has 1 saturated heterocycles. The first kappa shape index (κ1) is 21.0.